The summed E-state index contributed by atoms with van der Waals surface area (Å²) in [6, 6.07) is 10.5. The average molecular weight is 475 g/mol. The molecule has 1 aromatic heterocycles. The van der Waals surface area contributed by atoms with E-state index < -0.39 is 12.0 Å². The van der Waals surface area contributed by atoms with Crippen LogP contribution in [0.25, 0.3) is 0 Å². The van der Waals surface area contributed by atoms with Crippen LogP contribution in [0.5, 0.6) is 0 Å². The number of esters is 1. The van der Waals surface area contributed by atoms with Crippen LogP contribution in [-0.2, 0) is 16.1 Å². The number of hydrogen-bond donors (Lipinski definition) is 2. The van der Waals surface area contributed by atoms with Crippen molar-refractivity contribution < 1.29 is 14.3 Å². The molecule has 32 heavy (non-hydrogen) atoms. The summed E-state index contributed by atoms with van der Waals surface area (Å²) in [5.41, 5.74) is 1.82. The van der Waals surface area contributed by atoms with Crippen LogP contribution in [0.2, 0.25) is 5.02 Å². The molecular weight excluding hydrogens is 448 g/mol. The van der Waals surface area contributed by atoms with E-state index in [0.29, 0.717) is 22.8 Å². The van der Waals surface area contributed by atoms with Crippen LogP contribution in [0.4, 0.5) is 4.79 Å². The SMILES string of the molecule is CCOC(=O)C1=C(CN2CCN(Cc3cccs3)CC2)NC(=O)NC1c1ccc(Cl)cc1. The summed E-state index contributed by atoms with van der Waals surface area (Å²) in [5, 5.41) is 8.42. The first-order chi connectivity index (χ1) is 15.5. The maximum Gasteiger partial charge on any atom is 0.338 e. The van der Waals surface area contributed by atoms with Crippen molar-refractivity contribution in [3.63, 3.8) is 0 Å². The van der Waals surface area contributed by atoms with Gasteiger partial charge in [-0.25, -0.2) is 9.59 Å². The quantitative estimate of drug-likeness (QED) is 0.602. The van der Waals surface area contributed by atoms with E-state index >= 15 is 0 Å². The molecule has 0 bridgehead atoms. The van der Waals surface area contributed by atoms with Gasteiger partial charge < -0.3 is 15.4 Å². The number of thiophene rings is 1. The van der Waals surface area contributed by atoms with Gasteiger partial charge in [-0.15, -0.1) is 11.3 Å². The molecule has 1 saturated heterocycles. The smallest absolute Gasteiger partial charge is 0.338 e. The van der Waals surface area contributed by atoms with Crippen LogP contribution in [0, 0.1) is 0 Å². The van der Waals surface area contributed by atoms with Gasteiger partial charge in [0.05, 0.1) is 18.2 Å². The zero-order valence-electron chi connectivity index (χ0n) is 18.0. The van der Waals surface area contributed by atoms with Gasteiger partial charge in [0.1, 0.15) is 0 Å². The van der Waals surface area contributed by atoms with E-state index in [1.54, 1.807) is 30.4 Å². The van der Waals surface area contributed by atoms with Crippen LogP contribution in [0.3, 0.4) is 0 Å². The highest BCUT2D eigenvalue weighted by Gasteiger charge is 2.34. The van der Waals surface area contributed by atoms with Gasteiger partial charge in [0.25, 0.3) is 0 Å². The standard InChI is InChI=1S/C23H27ClN4O3S/c1-2-31-22(29)20-19(25-23(30)26-21(20)16-5-7-17(24)8-6-16)15-28-11-9-27(10-12-28)14-18-4-3-13-32-18/h3-8,13,21H,2,9-12,14-15H2,1H3,(H2,25,26,30). The van der Waals surface area contributed by atoms with E-state index in [4.69, 9.17) is 16.3 Å². The predicted octanol–water partition coefficient (Wildman–Crippen LogP) is 3.39. The highest BCUT2D eigenvalue weighted by molar-refractivity contribution is 7.09. The Balaban J connectivity index is 1.52. The lowest BCUT2D eigenvalue weighted by Gasteiger charge is -2.37. The summed E-state index contributed by atoms with van der Waals surface area (Å²) < 4.78 is 5.35. The highest BCUT2D eigenvalue weighted by Crippen LogP contribution is 2.29. The van der Waals surface area contributed by atoms with Crippen molar-refractivity contribution >= 4 is 34.9 Å². The third kappa shape index (κ3) is 5.50. The van der Waals surface area contributed by atoms with Crippen LogP contribution >= 0.6 is 22.9 Å². The topological polar surface area (TPSA) is 73.9 Å². The summed E-state index contributed by atoms with van der Waals surface area (Å²) in [4.78, 5) is 31.4. The molecule has 1 aromatic carbocycles. The summed E-state index contributed by atoms with van der Waals surface area (Å²) in [6.07, 6.45) is 0. The van der Waals surface area contributed by atoms with Crippen molar-refractivity contribution in [3.05, 3.63) is 68.5 Å². The lowest BCUT2D eigenvalue weighted by atomic mass is 9.95. The maximum atomic E-state index is 12.9. The fraction of sp³-hybridized carbons (Fsp3) is 0.391. The van der Waals surface area contributed by atoms with Crippen molar-refractivity contribution in [1.29, 1.82) is 0 Å². The van der Waals surface area contributed by atoms with Gasteiger partial charge in [-0.05, 0) is 36.1 Å². The Hall–Kier alpha value is -2.39. The minimum Gasteiger partial charge on any atom is -0.463 e. The number of benzene rings is 1. The molecular formula is C23H27ClN4O3S. The summed E-state index contributed by atoms with van der Waals surface area (Å²) in [6.45, 7) is 7.08. The number of nitrogens with zero attached hydrogens (tertiary/aromatic N) is 2. The van der Waals surface area contributed by atoms with Crippen molar-refractivity contribution in [3.8, 4) is 0 Å². The van der Waals surface area contributed by atoms with E-state index in [1.165, 1.54) is 4.88 Å². The number of urea groups is 1. The molecule has 2 amide bonds. The van der Waals surface area contributed by atoms with E-state index in [1.807, 2.05) is 12.1 Å². The second kappa shape index (κ2) is 10.5. The number of hydrogen-bond acceptors (Lipinski definition) is 6. The van der Waals surface area contributed by atoms with Crippen molar-refractivity contribution in [2.75, 3.05) is 39.3 Å². The Bertz CT molecular complexity index is 970. The first-order valence-electron chi connectivity index (χ1n) is 10.7. The number of nitrogens with one attached hydrogen (secondary N) is 2. The van der Waals surface area contributed by atoms with Crippen molar-refractivity contribution in [2.45, 2.75) is 19.5 Å². The van der Waals surface area contributed by atoms with Gasteiger partial charge in [0.2, 0.25) is 0 Å². The molecule has 9 heteroatoms. The van der Waals surface area contributed by atoms with Gasteiger partial charge in [0, 0.05) is 54.9 Å². The number of carbonyl (C=O) groups excluding carboxylic acids is 2. The number of piperazine rings is 1. The molecule has 2 aromatic rings. The number of ether oxygens (including phenoxy) is 1. The number of rotatable bonds is 7. The number of carbonyl (C=O) groups is 2. The third-order valence-corrected chi connectivity index (χ3v) is 6.77. The van der Waals surface area contributed by atoms with E-state index in [0.717, 1.165) is 38.3 Å². The molecule has 1 unspecified atom stereocenters. The summed E-state index contributed by atoms with van der Waals surface area (Å²) in [7, 11) is 0. The normalized spacial score (nSPS) is 20.1. The van der Waals surface area contributed by atoms with E-state index in [-0.39, 0.29) is 12.6 Å². The molecule has 2 aliphatic heterocycles. The largest absolute Gasteiger partial charge is 0.463 e. The Morgan fingerprint density at radius 1 is 1.12 bits per heavy atom. The third-order valence-electron chi connectivity index (χ3n) is 5.66. The Morgan fingerprint density at radius 2 is 1.81 bits per heavy atom. The summed E-state index contributed by atoms with van der Waals surface area (Å²) in [5.74, 6) is -0.425. The number of halogens is 1. The minimum absolute atomic E-state index is 0.262. The van der Waals surface area contributed by atoms with Crippen LogP contribution < -0.4 is 10.6 Å². The second-order valence-electron chi connectivity index (χ2n) is 7.83. The van der Waals surface area contributed by atoms with Crippen molar-refractivity contribution in [1.82, 2.24) is 20.4 Å². The second-order valence-corrected chi connectivity index (χ2v) is 9.30. The Labute approximate surface area is 197 Å². The Kier molecular flexibility index (Phi) is 7.47. The van der Waals surface area contributed by atoms with Gasteiger partial charge in [-0.2, -0.15) is 0 Å². The molecule has 0 radical (unpaired) electrons. The van der Waals surface area contributed by atoms with Gasteiger partial charge >= 0.3 is 12.0 Å². The monoisotopic (exact) mass is 474 g/mol. The Morgan fingerprint density at radius 3 is 2.44 bits per heavy atom. The summed E-state index contributed by atoms with van der Waals surface area (Å²) >= 11 is 7.80. The molecule has 0 aliphatic carbocycles. The van der Waals surface area contributed by atoms with Crippen LogP contribution in [-0.4, -0.2) is 61.1 Å². The average Bonchev–Trinajstić information content (AvgIpc) is 3.28. The predicted molar refractivity (Wildman–Crippen MR) is 126 cm³/mol. The molecule has 7 nitrogen and oxygen atoms in total. The first kappa shape index (κ1) is 22.8. The van der Waals surface area contributed by atoms with E-state index in [2.05, 4.69) is 37.9 Å². The lowest BCUT2D eigenvalue weighted by molar-refractivity contribution is -0.139. The van der Waals surface area contributed by atoms with Gasteiger partial charge in [0.15, 0.2) is 0 Å². The molecule has 3 heterocycles. The molecule has 2 N–H and O–H groups in total. The van der Waals surface area contributed by atoms with Gasteiger partial charge in [-0.3, -0.25) is 9.80 Å². The minimum atomic E-state index is -0.588. The maximum absolute atomic E-state index is 12.9. The van der Waals surface area contributed by atoms with Crippen LogP contribution in [0.1, 0.15) is 23.4 Å². The van der Waals surface area contributed by atoms with E-state index in [9.17, 15) is 9.59 Å². The van der Waals surface area contributed by atoms with Gasteiger partial charge in [-0.1, -0.05) is 29.8 Å². The zero-order chi connectivity index (χ0) is 22.5. The molecule has 2 aliphatic rings. The van der Waals surface area contributed by atoms with Crippen molar-refractivity contribution in [2.24, 2.45) is 0 Å². The fourth-order valence-electron chi connectivity index (χ4n) is 4.05. The molecule has 4 rings (SSSR count). The first-order valence-corrected chi connectivity index (χ1v) is 12.0. The zero-order valence-corrected chi connectivity index (χ0v) is 19.5. The molecule has 1 fully saturated rings. The fourth-order valence-corrected chi connectivity index (χ4v) is 4.92. The van der Waals surface area contributed by atoms with Crippen LogP contribution in [0.15, 0.2) is 53.0 Å². The molecule has 0 saturated carbocycles. The number of amides is 2. The molecule has 170 valence electrons. The lowest BCUT2D eigenvalue weighted by Crippen LogP contribution is -2.51. The molecule has 0 spiro atoms. The highest BCUT2D eigenvalue weighted by atomic mass is 35.5. The molecule has 1 atom stereocenters.